The summed E-state index contributed by atoms with van der Waals surface area (Å²) in [6.07, 6.45) is 54.8. The second-order valence-corrected chi connectivity index (χ2v) is 28.4. The molecule has 6 atom stereocenters. The first kappa shape index (κ1) is 88.5. The van der Waals surface area contributed by atoms with E-state index in [9.17, 15) is 43.2 Å². The van der Waals surface area contributed by atoms with E-state index in [4.69, 9.17) is 37.0 Å². The van der Waals surface area contributed by atoms with Gasteiger partial charge in [0.05, 0.1) is 26.4 Å². The molecule has 3 N–H and O–H groups in total. The van der Waals surface area contributed by atoms with Gasteiger partial charge in [0, 0.05) is 25.7 Å². The lowest BCUT2D eigenvalue weighted by atomic mass is 10.00. The third-order valence-electron chi connectivity index (χ3n) is 16.5. The maximum Gasteiger partial charge on any atom is 0.472 e. The van der Waals surface area contributed by atoms with Gasteiger partial charge in [0.1, 0.15) is 19.3 Å². The van der Waals surface area contributed by atoms with E-state index in [0.717, 1.165) is 115 Å². The molecular formula is C72H136O17P2. The van der Waals surface area contributed by atoms with Crippen LogP contribution in [0.1, 0.15) is 349 Å². The SMILES string of the molecule is CCCCCC/C=C\C=C/CCCCCCCC(=O)O[C@H](COC(=O)CCCCCCCCCCCCCCCC)COP(=O)(O)OC[C@@H](O)COP(=O)(O)OC[C@@H](COC(=O)CCCCCCCCC(C)CC)OC(=O)CCCCCCCCCCCCCC. The van der Waals surface area contributed by atoms with E-state index in [2.05, 4.69) is 58.9 Å². The molecule has 0 aromatic carbocycles. The number of phosphoric ester groups is 2. The molecule has 0 aromatic rings. The molecule has 3 unspecified atom stereocenters. The van der Waals surface area contributed by atoms with Gasteiger partial charge in [-0.15, -0.1) is 0 Å². The van der Waals surface area contributed by atoms with Crippen LogP contribution >= 0.6 is 15.6 Å². The Balaban J connectivity index is 5.29. The number of unbranched alkanes of at least 4 members (excludes halogenated alkanes) is 38. The Morgan fingerprint density at radius 3 is 0.934 bits per heavy atom. The highest BCUT2D eigenvalue weighted by Gasteiger charge is 2.30. The summed E-state index contributed by atoms with van der Waals surface area (Å²) in [6.45, 7) is 7.15. The fourth-order valence-corrected chi connectivity index (χ4v) is 12.0. The van der Waals surface area contributed by atoms with Gasteiger partial charge in [-0.05, 0) is 57.3 Å². The van der Waals surface area contributed by atoms with Crippen molar-refractivity contribution in [2.24, 2.45) is 5.92 Å². The topological polar surface area (TPSA) is 237 Å². The zero-order valence-corrected chi connectivity index (χ0v) is 60.3. The van der Waals surface area contributed by atoms with E-state index in [1.54, 1.807) is 0 Å². The molecule has 17 nitrogen and oxygen atoms in total. The molecule has 0 amide bonds. The minimum atomic E-state index is -4.96. The van der Waals surface area contributed by atoms with E-state index in [1.807, 2.05) is 0 Å². The van der Waals surface area contributed by atoms with Gasteiger partial charge in [-0.2, -0.15) is 0 Å². The van der Waals surface area contributed by atoms with Crippen molar-refractivity contribution < 1.29 is 80.2 Å². The van der Waals surface area contributed by atoms with Gasteiger partial charge in [-0.3, -0.25) is 37.3 Å². The predicted molar refractivity (Wildman–Crippen MR) is 368 cm³/mol. The third kappa shape index (κ3) is 64.6. The standard InChI is InChI=1S/C72H136O17P2/c1-6-10-13-16-19-22-25-28-30-32-35-38-41-48-53-58-72(77)88-67(61-82-69(74)55-50-45-39-36-34-31-29-26-23-20-17-14-11-7-2)63-86-90(78,79)84-59-66(73)60-85-91(80,81)87-64-68(62-83-70(75)56-51-46-43-42-44-49-54-65(5)9-4)89-71(76)57-52-47-40-37-33-27-24-21-18-15-12-8-3/h22,25,28,30,65-68,73H,6-21,23-24,26-27,29,31-64H2,1-5H3,(H,78,79)(H,80,81)/b25-22-,30-28-/t65?,66-,67-,68-/m1/s1. The Morgan fingerprint density at radius 1 is 0.352 bits per heavy atom. The normalized spacial score (nSPS) is 14.5. The Bertz CT molecular complexity index is 1850. The first-order chi connectivity index (χ1) is 44.1. The zero-order chi connectivity index (χ0) is 67.0. The molecule has 0 radical (unpaired) electrons. The molecule has 536 valence electrons. The summed E-state index contributed by atoms with van der Waals surface area (Å²) in [5.74, 6) is -1.42. The van der Waals surface area contributed by atoms with Gasteiger partial charge in [0.25, 0.3) is 0 Å². The quantitative estimate of drug-likeness (QED) is 0.0169. The van der Waals surface area contributed by atoms with Crippen molar-refractivity contribution in [2.75, 3.05) is 39.6 Å². The molecule has 0 heterocycles. The van der Waals surface area contributed by atoms with Crippen LogP contribution in [-0.2, 0) is 65.4 Å². The van der Waals surface area contributed by atoms with Gasteiger partial charge >= 0.3 is 39.5 Å². The van der Waals surface area contributed by atoms with Crippen molar-refractivity contribution in [1.82, 2.24) is 0 Å². The molecule has 0 bridgehead atoms. The second kappa shape index (κ2) is 64.9. The van der Waals surface area contributed by atoms with Crippen molar-refractivity contribution in [3.8, 4) is 0 Å². The highest BCUT2D eigenvalue weighted by Crippen LogP contribution is 2.45. The highest BCUT2D eigenvalue weighted by molar-refractivity contribution is 7.47. The number of hydrogen-bond donors (Lipinski definition) is 3. The summed E-state index contributed by atoms with van der Waals surface area (Å²) in [6, 6.07) is 0. The van der Waals surface area contributed by atoms with E-state index in [-0.39, 0.29) is 25.7 Å². The lowest BCUT2D eigenvalue weighted by Gasteiger charge is -2.21. The van der Waals surface area contributed by atoms with Crippen molar-refractivity contribution in [3.63, 3.8) is 0 Å². The third-order valence-corrected chi connectivity index (χ3v) is 18.4. The van der Waals surface area contributed by atoms with Crippen LogP contribution in [0.5, 0.6) is 0 Å². The van der Waals surface area contributed by atoms with Crippen molar-refractivity contribution >= 4 is 39.5 Å². The van der Waals surface area contributed by atoms with Gasteiger partial charge in [-0.1, -0.05) is 296 Å². The van der Waals surface area contributed by atoms with Crippen LogP contribution in [-0.4, -0.2) is 96.7 Å². The second-order valence-electron chi connectivity index (χ2n) is 25.5. The molecule has 0 aliphatic heterocycles. The number of carbonyl (C=O) groups is 4. The van der Waals surface area contributed by atoms with Crippen LogP contribution in [0.3, 0.4) is 0 Å². The lowest BCUT2D eigenvalue weighted by Crippen LogP contribution is -2.30. The van der Waals surface area contributed by atoms with Crippen LogP contribution in [0.2, 0.25) is 0 Å². The summed E-state index contributed by atoms with van der Waals surface area (Å²) in [4.78, 5) is 72.6. The predicted octanol–water partition coefficient (Wildman–Crippen LogP) is 20.5. The van der Waals surface area contributed by atoms with Crippen molar-refractivity contribution in [2.45, 2.75) is 368 Å². The largest absolute Gasteiger partial charge is 0.472 e. The molecule has 0 aliphatic carbocycles. The molecule has 0 saturated carbocycles. The summed E-state index contributed by atoms with van der Waals surface area (Å²) >= 11 is 0. The molecular weight excluding hydrogens is 1200 g/mol. The maximum absolute atomic E-state index is 13.0. The van der Waals surface area contributed by atoms with Crippen LogP contribution in [0.15, 0.2) is 24.3 Å². The van der Waals surface area contributed by atoms with Crippen molar-refractivity contribution in [1.29, 1.82) is 0 Å². The monoisotopic (exact) mass is 1330 g/mol. The number of ether oxygens (including phenoxy) is 4. The summed E-state index contributed by atoms with van der Waals surface area (Å²) in [7, 11) is -9.91. The Kier molecular flexibility index (Phi) is 63.1. The van der Waals surface area contributed by atoms with Gasteiger partial charge in [-0.25, -0.2) is 9.13 Å². The Morgan fingerprint density at radius 2 is 0.615 bits per heavy atom. The molecule has 0 saturated heterocycles. The number of hydrogen-bond acceptors (Lipinski definition) is 15. The summed E-state index contributed by atoms with van der Waals surface area (Å²) in [5.41, 5.74) is 0. The number of aliphatic hydroxyl groups is 1. The van der Waals surface area contributed by atoms with Gasteiger partial charge in [0.15, 0.2) is 12.2 Å². The number of aliphatic hydroxyl groups excluding tert-OH is 1. The Labute approximate surface area is 554 Å². The average molecular weight is 1340 g/mol. The lowest BCUT2D eigenvalue weighted by molar-refractivity contribution is -0.161. The fraction of sp³-hybridized carbons (Fsp3) is 0.889. The number of carbonyl (C=O) groups excluding carboxylic acids is 4. The smallest absolute Gasteiger partial charge is 0.462 e. The minimum Gasteiger partial charge on any atom is -0.462 e. The Hall–Kier alpha value is -2.46. The van der Waals surface area contributed by atoms with E-state index < -0.39 is 97.5 Å². The average Bonchev–Trinajstić information content (AvgIpc) is 3.31. The van der Waals surface area contributed by atoms with E-state index in [1.165, 1.54) is 154 Å². The summed E-state index contributed by atoms with van der Waals surface area (Å²) < 4.78 is 68.3. The van der Waals surface area contributed by atoms with Gasteiger partial charge < -0.3 is 33.8 Å². The molecule has 0 aromatic heterocycles. The number of rotatable bonds is 70. The molecule has 0 spiro atoms. The highest BCUT2D eigenvalue weighted by atomic mass is 31.2. The minimum absolute atomic E-state index is 0.0855. The maximum atomic E-state index is 13.0. The van der Waals surface area contributed by atoms with Crippen LogP contribution < -0.4 is 0 Å². The molecule has 0 fully saturated rings. The van der Waals surface area contributed by atoms with E-state index in [0.29, 0.717) is 25.7 Å². The first-order valence-electron chi connectivity index (χ1n) is 37.0. The fourth-order valence-electron chi connectivity index (χ4n) is 10.4. The number of phosphoric acid groups is 2. The van der Waals surface area contributed by atoms with Crippen LogP contribution in [0.4, 0.5) is 0 Å². The van der Waals surface area contributed by atoms with Gasteiger partial charge in [0.2, 0.25) is 0 Å². The molecule has 0 aliphatic rings. The molecule has 91 heavy (non-hydrogen) atoms. The first-order valence-corrected chi connectivity index (χ1v) is 40.0. The van der Waals surface area contributed by atoms with E-state index >= 15 is 0 Å². The number of esters is 4. The van der Waals surface area contributed by atoms with Crippen molar-refractivity contribution in [3.05, 3.63) is 24.3 Å². The van der Waals surface area contributed by atoms with Crippen LogP contribution in [0.25, 0.3) is 0 Å². The van der Waals surface area contributed by atoms with Crippen LogP contribution in [0, 0.1) is 5.92 Å². The molecule has 19 heteroatoms. The molecule has 0 rings (SSSR count). The zero-order valence-electron chi connectivity index (χ0n) is 58.5. The number of allylic oxidation sites excluding steroid dienone is 4. The summed E-state index contributed by atoms with van der Waals surface area (Å²) in [5, 5.41) is 10.6.